The summed E-state index contributed by atoms with van der Waals surface area (Å²) in [6.07, 6.45) is 0.612. The van der Waals surface area contributed by atoms with Gasteiger partial charge in [-0.1, -0.05) is 12.1 Å². The number of methoxy groups -OCH3 is 2. The van der Waals surface area contributed by atoms with Crippen molar-refractivity contribution >= 4 is 17.5 Å². The van der Waals surface area contributed by atoms with Crippen LogP contribution in [0.3, 0.4) is 0 Å². The second kappa shape index (κ2) is 9.45. The maximum Gasteiger partial charge on any atom is 0.239 e. The van der Waals surface area contributed by atoms with Gasteiger partial charge in [-0.3, -0.25) is 9.59 Å². The van der Waals surface area contributed by atoms with Crippen LogP contribution in [0.1, 0.15) is 30.5 Å². The third kappa shape index (κ3) is 5.50. The Hall–Kier alpha value is -3.02. The summed E-state index contributed by atoms with van der Waals surface area (Å²) in [6.45, 7) is 7.65. The van der Waals surface area contributed by atoms with E-state index in [1.54, 1.807) is 28.1 Å². The van der Waals surface area contributed by atoms with Crippen LogP contribution in [0.4, 0.5) is 5.69 Å². The number of anilines is 1. The number of benzene rings is 2. The van der Waals surface area contributed by atoms with Crippen LogP contribution < -0.4 is 20.1 Å². The van der Waals surface area contributed by atoms with Crippen molar-refractivity contribution in [1.29, 1.82) is 0 Å². The van der Waals surface area contributed by atoms with Crippen molar-refractivity contribution in [2.45, 2.75) is 34.1 Å². The van der Waals surface area contributed by atoms with Crippen molar-refractivity contribution in [3.8, 4) is 11.5 Å². The second-order valence-electron chi connectivity index (χ2n) is 7.57. The van der Waals surface area contributed by atoms with Gasteiger partial charge in [-0.2, -0.15) is 0 Å². The largest absolute Gasteiger partial charge is 0.493 e. The second-order valence-corrected chi connectivity index (χ2v) is 7.57. The van der Waals surface area contributed by atoms with Gasteiger partial charge in [0.2, 0.25) is 11.8 Å². The molecule has 2 N–H and O–H groups in total. The molecule has 2 amide bonds. The van der Waals surface area contributed by atoms with Crippen molar-refractivity contribution in [3.63, 3.8) is 0 Å². The predicted octanol–water partition coefficient (Wildman–Crippen LogP) is 3.64. The summed E-state index contributed by atoms with van der Waals surface area (Å²) in [5.41, 5.74) is 2.72. The SMILES string of the molecule is COc1ccc(CCNC(=O)C(C)(C)C(=O)Nc2ccc(C)c(C)c2)cc1OC. The molecule has 0 aliphatic heterocycles. The molecule has 0 aromatic heterocycles. The van der Waals surface area contributed by atoms with Crippen molar-refractivity contribution in [2.75, 3.05) is 26.1 Å². The minimum atomic E-state index is -1.20. The third-order valence-electron chi connectivity index (χ3n) is 5.05. The van der Waals surface area contributed by atoms with E-state index < -0.39 is 5.41 Å². The van der Waals surface area contributed by atoms with E-state index in [2.05, 4.69) is 10.6 Å². The lowest BCUT2D eigenvalue weighted by atomic mass is 9.90. The molecule has 29 heavy (non-hydrogen) atoms. The molecule has 2 aromatic carbocycles. The van der Waals surface area contributed by atoms with Crippen LogP contribution in [0.15, 0.2) is 36.4 Å². The summed E-state index contributed by atoms with van der Waals surface area (Å²) >= 11 is 0. The van der Waals surface area contributed by atoms with Gasteiger partial charge >= 0.3 is 0 Å². The minimum Gasteiger partial charge on any atom is -0.493 e. The van der Waals surface area contributed by atoms with Crippen LogP contribution in [0, 0.1) is 19.3 Å². The lowest BCUT2D eigenvalue weighted by Crippen LogP contribution is -2.45. The zero-order valence-electron chi connectivity index (χ0n) is 18.0. The number of aryl methyl sites for hydroxylation is 2. The van der Waals surface area contributed by atoms with Gasteiger partial charge in [0.1, 0.15) is 5.41 Å². The van der Waals surface area contributed by atoms with Crippen LogP contribution in [-0.2, 0) is 16.0 Å². The molecule has 0 radical (unpaired) electrons. The molecule has 2 rings (SSSR count). The molecule has 0 atom stereocenters. The molecule has 0 aliphatic rings. The zero-order valence-corrected chi connectivity index (χ0v) is 18.0. The lowest BCUT2D eigenvalue weighted by Gasteiger charge is -2.23. The van der Waals surface area contributed by atoms with E-state index >= 15 is 0 Å². The molecule has 0 bridgehead atoms. The average molecular weight is 399 g/mol. The van der Waals surface area contributed by atoms with E-state index in [9.17, 15) is 9.59 Å². The number of ether oxygens (including phenoxy) is 2. The summed E-state index contributed by atoms with van der Waals surface area (Å²) in [5, 5.41) is 5.69. The Balaban J connectivity index is 1.94. The van der Waals surface area contributed by atoms with Crippen LogP contribution >= 0.6 is 0 Å². The van der Waals surface area contributed by atoms with Gasteiger partial charge in [0.15, 0.2) is 11.5 Å². The first-order valence-electron chi connectivity index (χ1n) is 9.57. The van der Waals surface area contributed by atoms with E-state index in [4.69, 9.17) is 9.47 Å². The fraction of sp³-hybridized carbons (Fsp3) is 0.391. The Morgan fingerprint density at radius 3 is 2.21 bits per heavy atom. The number of amides is 2. The van der Waals surface area contributed by atoms with Gasteiger partial charge in [0.25, 0.3) is 0 Å². The van der Waals surface area contributed by atoms with E-state index in [1.807, 2.05) is 50.2 Å². The molecule has 6 heteroatoms. The third-order valence-corrected chi connectivity index (χ3v) is 5.05. The van der Waals surface area contributed by atoms with Crippen molar-refractivity contribution < 1.29 is 19.1 Å². The van der Waals surface area contributed by atoms with E-state index in [0.29, 0.717) is 30.2 Å². The predicted molar refractivity (Wildman–Crippen MR) is 115 cm³/mol. The molecule has 156 valence electrons. The fourth-order valence-electron chi connectivity index (χ4n) is 2.79. The highest BCUT2D eigenvalue weighted by Gasteiger charge is 2.35. The summed E-state index contributed by atoms with van der Waals surface area (Å²) in [7, 11) is 3.17. The fourth-order valence-corrected chi connectivity index (χ4v) is 2.79. The van der Waals surface area contributed by atoms with Gasteiger partial charge in [0, 0.05) is 12.2 Å². The molecule has 0 saturated heterocycles. The first-order chi connectivity index (χ1) is 13.7. The van der Waals surface area contributed by atoms with Crippen molar-refractivity contribution in [3.05, 3.63) is 53.1 Å². The maximum atomic E-state index is 12.7. The number of rotatable bonds is 8. The van der Waals surface area contributed by atoms with Crippen molar-refractivity contribution in [2.24, 2.45) is 5.41 Å². The molecule has 6 nitrogen and oxygen atoms in total. The molecule has 0 saturated carbocycles. The average Bonchev–Trinajstić information content (AvgIpc) is 2.70. The normalized spacial score (nSPS) is 11.0. The monoisotopic (exact) mass is 398 g/mol. The summed E-state index contributed by atoms with van der Waals surface area (Å²) in [6, 6.07) is 11.3. The molecule has 0 heterocycles. The molecular formula is C23H30N2O4. The minimum absolute atomic E-state index is 0.320. The standard InChI is InChI=1S/C23H30N2O4/c1-15-7-9-18(13-16(15)2)25-22(27)23(3,4)21(26)24-12-11-17-8-10-19(28-5)20(14-17)29-6/h7-10,13-14H,11-12H2,1-6H3,(H,24,26)(H,25,27). The number of carbonyl (C=O) groups excluding carboxylic acids is 2. The molecule has 0 fully saturated rings. The molecule has 0 aliphatic carbocycles. The Morgan fingerprint density at radius 2 is 1.59 bits per heavy atom. The Morgan fingerprint density at radius 1 is 0.897 bits per heavy atom. The number of hydrogen-bond acceptors (Lipinski definition) is 4. The van der Waals surface area contributed by atoms with Gasteiger partial charge < -0.3 is 20.1 Å². The van der Waals surface area contributed by atoms with E-state index in [0.717, 1.165) is 16.7 Å². The molecule has 2 aromatic rings. The van der Waals surface area contributed by atoms with Gasteiger partial charge in [0.05, 0.1) is 14.2 Å². The first-order valence-corrected chi connectivity index (χ1v) is 9.57. The van der Waals surface area contributed by atoms with Gasteiger partial charge in [-0.15, -0.1) is 0 Å². The maximum absolute atomic E-state index is 12.7. The van der Waals surface area contributed by atoms with Gasteiger partial charge in [-0.25, -0.2) is 0 Å². The highest BCUT2D eigenvalue weighted by atomic mass is 16.5. The van der Waals surface area contributed by atoms with Crippen molar-refractivity contribution in [1.82, 2.24) is 5.32 Å². The molecular weight excluding hydrogens is 368 g/mol. The van der Waals surface area contributed by atoms with Crippen LogP contribution in [0.2, 0.25) is 0 Å². The first kappa shape index (κ1) is 22.3. The Labute approximate surface area is 172 Å². The topological polar surface area (TPSA) is 76.7 Å². The van der Waals surface area contributed by atoms with E-state index in [1.165, 1.54) is 0 Å². The number of hydrogen-bond donors (Lipinski definition) is 2. The van der Waals surface area contributed by atoms with E-state index in [-0.39, 0.29) is 11.8 Å². The Kier molecular flexibility index (Phi) is 7.26. The molecule has 0 unspecified atom stereocenters. The number of carbonyl (C=O) groups is 2. The highest BCUT2D eigenvalue weighted by Crippen LogP contribution is 2.27. The highest BCUT2D eigenvalue weighted by molar-refractivity contribution is 6.09. The van der Waals surface area contributed by atoms with Gasteiger partial charge in [-0.05, 0) is 75.1 Å². The summed E-state index contributed by atoms with van der Waals surface area (Å²) in [4.78, 5) is 25.3. The van der Waals surface area contributed by atoms with Crippen LogP contribution in [0.5, 0.6) is 11.5 Å². The Bertz CT molecular complexity index is 890. The number of nitrogens with one attached hydrogen (secondary N) is 2. The lowest BCUT2D eigenvalue weighted by molar-refractivity contribution is -0.138. The quantitative estimate of drug-likeness (QED) is 0.666. The van der Waals surface area contributed by atoms with Crippen LogP contribution in [-0.4, -0.2) is 32.6 Å². The van der Waals surface area contributed by atoms with Crippen LogP contribution in [0.25, 0.3) is 0 Å². The zero-order chi connectivity index (χ0) is 21.6. The molecule has 0 spiro atoms. The smallest absolute Gasteiger partial charge is 0.239 e. The summed E-state index contributed by atoms with van der Waals surface area (Å²) in [5.74, 6) is 0.637. The summed E-state index contributed by atoms with van der Waals surface area (Å²) < 4.78 is 10.5.